The van der Waals surface area contributed by atoms with Crippen molar-refractivity contribution < 1.29 is 4.74 Å². The number of hydrogen-bond donors (Lipinski definition) is 3. The minimum atomic E-state index is 0.545. The van der Waals surface area contributed by atoms with E-state index in [4.69, 9.17) is 4.74 Å². The number of rotatable bonds is 5. The van der Waals surface area contributed by atoms with Gasteiger partial charge in [0.05, 0.1) is 18.7 Å². The van der Waals surface area contributed by atoms with Gasteiger partial charge in [0.15, 0.2) is 5.65 Å². The SMILES string of the molecule is CNc1nc(NCc2ccc(OC)cc2)c2cn[nH]c2n1. The lowest BCUT2D eigenvalue weighted by Gasteiger charge is -2.09. The number of anilines is 2. The summed E-state index contributed by atoms with van der Waals surface area (Å²) in [7, 11) is 3.44. The van der Waals surface area contributed by atoms with Crippen LogP contribution in [0.5, 0.6) is 5.75 Å². The van der Waals surface area contributed by atoms with Crippen LogP contribution in [-0.4, -0.2) is 34.3 Å². The Morgan fingerprint density at radius 1 is 1.19 bits per heavy atom. The quantitative estimate of drug-likeness (QED) is 0.664. The molecule has 2 aromatic heterocycles. The Bertz CT molecular complexity index is 737. The summed E-state index contributed by atoms with van der Waals surface area (Å²) in [4.78, 5) is 8.72. The molecule has 0 unspecified atom stereocenters. The zero-order chi connectivity index (χ0) is 14.7. The van der Waals surface area contributed by atoms with Crippen LogP contribution in [0.15, 0.2) is 30.5 Å². The van der Waals surface area contributed by atoms with Crippen molar-refractivity contribution in [1.29, 1.82) is 0 Å². The molecule has 0 saturated carbocycles. The van der Waals surface area contributed by atoms with Gasteiger partial charge in [0, 0.05) is 13.6 Å². The molecule has 0 aliphatic heterocycles. The van der Waals surface area contributed by atoms with E-state index in [-0.39, 0.29) is 0 Å². The topological polar surface area (TPSA) is 87.8 Å². The summed E-state index contributed by atoms with van der Waals surface area (Å²) in [5.74, 6) is 2.13. The second kappa shape index (κ2) is 5.66. The van der Waals surface area contributed by atoms with Crippen LogP contribution in [0.4, 0.5) is 11.8 Å². The third-order valence-corrected chi connectivity index (χ3v) is 3.15. The number of methoxy groups -OCH3 is 1. The normalized spacial score (nSPS) is 10.6. The molecule has 0 aliphatic rings. The van der Waals surface area contributed by atoms with Gasteiger partial charge in [0.1, 0.15) is 11.6 Å². The minimum absolute atomic E-state index is 0.545. The molecule has 0 radical (unpaired) electrons. The van der Waals surface area contributed by atoms with E-state index in [1.54, 1.807) is 20.4 Å². The van der Waals surface area contributed by atoms with Crippen LogP contribution < -0.4 is 15.4 Å². The molecule has 21 heavy (non-hydrogen) atoms. The van der Waals surface area contributed by atoms with Gasteiger partial charge in [0.2, 0.25) is 5.95 Å². The number of aromatic nitrogens is 4. The van der Waals surface area contributed by atoms with Gasteiger partial charge in [-0.05, 0) is 17.7 Å². The van der Waals surface area contributed by atoms with E-state index < -0.39 is 0 Å². The third-order valence-electron chi connectivity index (χ3n) is 3.15. The molecule has 1 aromatic carbocycles. The average Bonchev–Trinajstić information content (AvgIpc) is 3.01. The highest BCUT2D eigenvalue weighted by Gasteiger charge is 2.08. The van der Waals surface area contributed by atoms with E-state index in [9.17, 15) is 0 Å². The van der Waals surface area contributed by atoms with Crippen molar-refractivity contribution in [3.63, 3.8) is 0 Å². The number of H-pyrrole nitrogens is 1. The van der Waals surface area contributed by atoms with Gasteiger partial charge < -0.3 is 15.4 Å². The molecule has 3 aromatic rings. The molecule has 7 heteroatoms. The van der Waals surface area contributed by atoms with E-state index in [0.29, 0.717) is 18.1 Å². The molecular weight excluding hydrogens is 268 g/mol. The molecule has 3 rings (SSSR count). The highest BCUT2D eigenvalue weighted by atomic mass is 16.5. The maximum Gasteiger partial charge on any atom is 0.226 e. The number of aromatic amines is 1. The number of benzene rings is 1. The van der Waals surface area contributed by atoms with E-state index >= 15 is 0 Å². The lowest BCUT2D eigenvalue weighted by Crippen LogP contribution is -2.05. The second-order valence-corrected chi connectivity index (χ2v) is 4.48. The number of ether oxygens (including phenoxy) is 1. The molecule has 0 saturated heterocycles. The zero-order valence-electron chi connectivity index (χ0n) is 11.8. The fourth-order valence-electron chi connectivity index (χ4n) is 2.01. The molecule has 0 spiro atoms. The molecule has 0 amide bonds. The fourth-order valence-corrected chi connectivity index (χ4v) is 2.01. The Labute approximate surface area is 121 Å². The summed E-state index contributed by atoms with van der Waals surface area (Å²) in [5, 5.41) is 14.0. The van der Waals surface area contributed by atoms with Crippen LogP contribution in [0.25, 0.3) is 11.0 Å². The van der Waals surface area contributed by atoms with Gasteiger partial charge in [-0.2, -0.15) is 15.1 Å². The standard InChI is InChI=1S/C14H16N6O/c1-15-14-18-12(11-8-17-20-13(11)19-14)16-7-9-3-5-10(21-2)6-4-9/h3-6,8H,7H2,1-2H3,(H3,15,16,17,18,19,20). The maximum absolute atomic E-state index is 5.15. The number of nitrogens with one attached hydrogen (secondary N) is 3. The van der Waals surface area contributed by atoms with Gasteiger partial charge in [-0.3, -0.25) is 5.10 Å². The van der Waals surface area contributed by atoms with Gasteiger partial charge in [-0.15, -0.1) is 0 Å². The summed E-state index contributed by atoms with van der Waals surface area (Å²) in [6.45, 7) is 0.657. The summed E-state index contributed by atoms with van der Waals surface area (Å²) < 4.78 is 5.15. The maximum atomic E-state index is 5.15. The number of hydrogen-bond acceptors (Lipinski definition) is 6. The van der Waals surface area contributed by atoms with Crippen molar-refractivity contribution in [2.45, 2.75) is 6.54 Å². The van der Waals surface area contributed by atoms with E-state index in [2.05, 4.69) is 30.8 Å². The second-order valence-electron chi connectivity index (χ2n) is 4.48. The van der Waals surface area contributed by atoms with E-state index in [1.165, 1.54) is 0 Å². The van der Waals surface area contributed by atoms with Crippen LogP contribution in [0, 0.1) is 0 Å². The summed E-state index contributed by atoms with van der Waals surface area (Å²) in [6, 6.07) is 7.89. The highest BCUT2D eigenvalue weighted by Crippen LogP contribution is 2.20. The average molecular weight is 284 g/mol. The van der Waals surface area contributed by atoms with Crippen molar-refractivity contribution in [3.05, 3.63) is 36.0 Å². The molecule has 3 N–H and O–H groups in total. The number of nitrogens with zero attached hydrogens (tertiary/aromatic N) is 3. The molecule has 7 nitrogen and oxygen atoms in total. The molecule has 2 heterocycles. The van der Waals surface area contributed by atoms with Crippen molar-refractivity contribution in [1.82, 2.24) is 20.2 Å². The minimum Gasteiger partial charge on any atom is -0.497 e. The third kappa shape index (κ3) is 2.71. The Morgan fingerprint density at radius 2 is 2.00 bits per heavy atom. The lowest BCUT2D eigenvalue weighted by molar-refractivity contribution is 0.414. The number of fused-ring (bicyclic) bond motifs is 1. The van der Waals surface area contributed by atoms with Crippen LogP contribution in [0.2, 0.25) is 0 Å². The molecule has 0 bridgehead atoms. The molecule has 0 fully saturated rings. The summed E-state index contributed by atoms with van der Waals surface area (Å²) in [5.41, 5.74) is 1.84. The van der Waals surface area contributed by atoms with Crippen LogP contribution >= 0.6 is 0 Å². The molecule has 108 valence electrons. The van der Waals surface area contributed by atoms with Crippen molar-refractivity contribution in [3.8, 4) is 5.75 Å². The van der Waals surface area contributed by atoms with Crippen molar-refractivity contribution >= 4 is 22.8 Å². The lowest BCUT2D eigenvalue weighted by atomic mass is 10.2. The van der Waals surface area contributed by atoms with Crippen LogP contribution in [0.3, 0.4) is 0 Å². The zero-order valence-corrected chi connectivity index (χ0v) is 11.8. The van der Waals surface area contributed by atoms with Gasteiger partial charge in [0.25, 0.3) is 0 Å². The van der Waals surface area contributed by atoms with Gasteiger partial charge >= 0.3 is 0 Å². The van der Waals surface area contributed by atoms with E-state index in [0.717, 1.165) is 22.5 Å². The molecule has 0 atom stereocenters. The predicted molar refractivity (Wildman–Crippen MR) is 81.6 cm³/mol. The van der Waals surface area contributed by atoms with Crippen LogP contribution in [0.1, 0.15) is 5.56 Å². The van der Waals surface area contributed by atoms with Crippen LogP contribution in [-0.2, 0) is 6.54 Å². The first-order valence-electron chi connectivity index (χ1n) is 6.56. The Balaban J connectivity index is 1.81. The highest BCUT2D eigenvalue weighted by molar-refractivity contribution is 5.86. The first-order chi connectivity index (χ1) is 10.3. The van der Waals surface area contributed by atoms with Gasteiger partial charge in [-0.25, -0.2) is 0 Å². The monoisotopic (exact) mass is 284 g/mol. The molecular formula is C14H16N6O. The molecule has 0 aliphatic carbocycles. The Hall–Kier alpha value is -2.83. The largest absolute Gasteiger partial charge is 0.497 e. The smallest absolute Gasteiger partial charge is 0.226 e. The Kier molecular flexibility index (Phi) is 3.55. The van der Waals surface area contributed by atoms with Crippen molar-refractivity contribution in [2.24, 2.45) is 0 Å². The summed E-state index contributed by atoms with van der Waals surface area (Å²) >= 11 is 0. The van der Waals surface area contributed by atoms with E-state index in [1.807, 2.05) is 24.3 Å². The first-order valence-corrected chi connectivity index (χ1v) is 6.56. The fraction of sp³-hybridized carbons (Fsp3) is 0.214. The summed E-state index contributed by atoms with van der Waals surface area (Å²) in [6.07, 6.45) is 1.71. The predicted octanol–water partition coefficient (Wildman–Crippen LogP) is 2.02. The van der Waals surface area contributed by atoms with Gasteiger partial charge in [-0.1, -0.05) is 12.1 Å². The first kappa shape index (κ1) is 13.2. The Morgan fingerprint density at radius 3 is 2.71 bits per heavy atom. The van der Waals surface area contributed by atoms with Crippen molar-refractivity contribution in [2.75, 3.05) is 24.8 Å².